The second-order valence-corrected chi connectivity index (χ2v) is 3.83. The highest BCUT2D eigenvalue weighted by molar-refractivity contribution is 5.12. The van der Waals surface area contributed by atoms with Crippen molar-refractivity contribution >= 4 is 0 Å². The Morgan fingerprint density at radius 2 is 2.31 bits per heavy atom. The van der Waals surface area contributed by atoms with Gasteiger partial charge in [-0.1, -0.05) is 0 Å². The number of aromatic nitrogens is 2. The van der Waals surface area contributed by atoms with Crippen molar-refractivity contribution < 1.29 is 0 Å². The molecule has 0 aliphatic carbocycles. The quantitative estimate of drug-likeness (QED) is 0.703. The minimum absolute atomic E-state index is 0.532. The van der Waals surface area contributed by atoms with E-state index in [1.54, 1.807) is 6.33 Å². The van der Waals surface area contributed by atoms with Crippen molar-refractivity contribution in [2.75, 3.05) is 0 Å². The van der Waals surface area contributed by atoms with Gasteiger partial charge in [-0.2, -0.15) is 0 Å². The maximum absolute atomic E-state index is 4.29. The lowest BCUT2D eigenvalue weighted by Crippen LogP contribution is -2.26. The van der Waals surface area contributed by atoms with Crippen LogP contribution in [0.2, 0.25) is 0 Å². The van der Waals surface area contributed by atoms with Crippen molar-refractivity contribution in [2.24, 2.45) is 0 Å². The number of hydrogen-bond acceptors (Lipinski definition) is 3. The monoisotopic (exact) mass is 177 g/mol. The Bertz CT molecular complexity index is 273. The number of nitrogens with zero attached hydrogens (tertiary/aromatic N) is 2. The summed E-state index contributed by atoms with van der Waals surface area (Å²) in [5.41, 5.74) is 1.17. The van der Waals surface area contributed by atoms with Crippen LogP contribution >= 0.6 is 0 Å². The molecule has 1 saturated heterocycles. The van der Waals surface area contributed by atoms with Crippen LogP contribution in [-0.2, 0) is 0 Å². The summed E-state index contributed by atoms with van der Waals surface area (Å²) in [5, 5.41) is 3.50. The second-order valence-electron chi connectivity index (χ2n) is 3.83. The Balaban J connectivity index is 2.18. The molecule has 1 N–H and O–H groups in total. The third-order valence-electron chi connectivity index (χ3n) is 2.74. The Kier molecular flexibility index (Phi) is 2.27. The van der Waals surface area contributed by atoms with Gasteiger partial charge >= 0.3 is 0 Å². The maximum Gasteiger partial charge on any atom is 0.115 e. The largest absolute Gasteiger partial charge is 0.311 e. The van der Waals surface area contributed by atoms with Crippen LogP contribution in [0.25, 0.3) is 0 Å². The Hall–Kier alpha value is -0.960. The van der Waals surface area contributed by atoms with Crippen LogP contribution < -0.4 is 5.32 Å². The van der Waals surface area contributed by atoms with E-state index in [1.807, 2.05) is 12.3 Å². The van der Waals surface area contributed by atoms with Gasteiger partial charge in [-0.3, -0.25) is 0 Å². The fourth-order valence-electron chi connectivity index (χ4n) is 2.12. The van der Waals surface area contributed by atoms with E-state index in [4.69, 9.17) is 0 Å². The summed E-state index contributed by atoms with van der Waals surface area (Å²) in [7, 11) is 0. The maximum atomic E-state index is 4.29. The fraction of sp³-hybridized carbons (Fsp3) is 0.600. The zero-order valence-corrected chi connectivity index (χ0v) is 8.07. The van der Waals surface area contributed by atoms with Crippen molar-refractivity contribution in [1.82, 2.24) is 15.3 Å². The van der Waals surface area contributed by atoms with E-state index in [0.29, 0.717) is 18.0 Å². The molecule has 0 aromatic carbocycles. The Morgan fingerprint density at radius 3 is 2.85 bits per heavy atom. The molecule has 1 aliphatic heterocycles. The predicted octanol–water partition coefficient (Wildman–Crippen LogP) is 1.33. The van der Waals surface area contributed by atoms with Crippen molar-refractivity contribution in [3.8, 4) is 0 Å². The van der Waals surface area contributed by atoms with Gasteiger partial charge in [0.05, 0.1) is 0 Å². The highest BCUT2D eigenvalue weighted by atomic mass is 15.0. The van der Waals surface area contributed by atoms with Crippen LogP contribution in [0.3, 0.4) is 0 Å². The summed E-state index contributed by atoms with van der Waals surface area (Å²) in [5.74, 6) is 0.554. The van der Waals surface area contributed by atoms with Gasteiger partial charge in [-0.15, -0.1) is 0 Å². The summed E-state index contributed by atoms with van der Waals surface area (Å²) >= 11 is 0. The van der Waals surface area contributed by atoms with E-state index in [9.17, 15) is 0 Å². The van der Waals surface area contributed by atoms with E-state index in [1.165, 1.54) is 12.1 Å². The molecule has 3 heteroatoms. The molecule has 1 aromatic heterocycles. The number of hydrogen-bond donors (Lipinski definition) is 1. The lowest BCUT2D eigenvalue weighted by Gasteiger charge is -2.13. The molecule has 1 aliphatic rings. The van der Waals surface area contributed by atoms with Crippen LogP contribution in [0.4, 0.5) is 0 Å². The van der Waals surface area contributed by atoms with Crippen LogP contribution in [0.15, 0.2) is 18.6 Å². The Morgan fingerprint density at radius 1 is 1.46 bits per heavy atom. The van der Waals surface area contributed by atoms with Gasteiger partial charge in [-0.25, -0.2) is 9.97 Å². The molecule has 0 amide bonds. The first-order valence-corrected chi connectivity index (χ1v) is 4.79. The van der Waals surface area contributed by atoms with Gasteiger partial charge in [-0.05, 0) is 26.3 Å². The average molecular weight is 177 g/mol. The van der Waals surface area contributed by atoms with E-state index in [0.717, 1.165) is 0 Å². The van der Waals surface area contributed by atoms with Crippen molar-refractivity contribution in [1.29, 1.82) is 0 Å². The van der Waals surface area contributed by atoms with Gasteiger partial charge in [0.1, 0.15) is 6.33 Å². The van der Waals surface area contributed by atoms with E-state index in [2.05, 4.69) is 29.1 Å². The molecule has 3 nitrogen and oxygen atoms in total. The van der Waals surface area contributed by atoms with Gasteiger partial charge in [0.15, 0.2) is 0 Å². The highest BCUT2D eigenvalue weighted by Gasteiger charge is 2.29. The lowest BCUT2D eigenvalue weighted by molar-refractivity contribution is 0.567. The van der Waals surface area contributed by atoms with Gasteiger partial charge in [0.2, 0.25) is 0 Å². The summed E-state index contributed by atoms with van der Waals surface area (Å²) in [6.45, 7) is 4.44. The molecule has 2 heterocycles. The summed E-state index contributed by atoms with van der Waals surface area (Å²) in [4.78, 5) is 8.22. The minimum atomic E-state index is 0.532. The zero-order chi connectivity index (χ0) is 9.26. The molecule has 70 valence electrons. The molecular formula is C10H15N3. The lowest BCUT2D eigenvalue weighted by atomic mass is 9.96. The molecule has 0 spiro atoms. The zero-order valence-electron chi connectivity index (χ0n) is 8.07. The normalized spacial score (nSPS) is 33.5. The standard InChI is InChI=1S/C10H15N3/c1-7-5-9(8(2)13-7)10-3-4-11-6-12-10/h3-4,6-9,13H,5H2,1-2H3. The first-order chi connectivity index (χ1) is 6.27. The van der Waals surface area contributed by atoms with Crippen molar-refractivity contribution in [2.45, 2.75) is 38.3 Å². The van der Waals surface area contributed by atoms with Crippen LogP contribution in [0.1, 0.15) is 31.9 Å². The SMILES string of the molecule is CC1CC(c2ccncn2)C(C)N1. The fourth-order valence-corrected chi connectivity index (χ4v) is 2.12. The molecule has 0 radical (unpaired) electrons. The van der Waals surface area contributed by atoms with E-state index >= 15 is 0 Å². The molecule has 1 fully saturated rings. The first-order valence-electron chi connectivity index (χ1n) is 4.79. The Labute approximate surface area is 78.6 Å². The third kappa shape index (κ3) is 1.70. The number of rotatable bonds is 1. The molecule has 0 bridgehead atoms. The smallest absolute Gasteiger partial charge is 0.115 e. The predicted molar refractivity (Wildman–Crippen MR) is 51.4 cm³/mol. The van der Waals surface area contributed by atoms with Crippen molar-refractivity contribution in [3.05, 3.63) is 24.3 Å². The molecule has 3 unspecified atom stereocenters. The average Bonchev–Trinajstić information content (AvgIpc) is 2.47. The molecule has 2 rings (SSSR count). The summed E-state index contributed by atoms with van der Waals surface area (Å²) in [6.07, 6.45) is 4.63. The van der Waals surface area contributed by atoms with Gasteiger partial charge in [0.25, 0.3) is 0 Å². The molecule has 3 atom stereocenters. The van der Waals surface area contributed by atoms with Crippen LogP contribution in [0, 0.1) is 0 Å². The third-order valence-corrected chi connectivity index (χ3v) is 2.74. The molecule has 0 saturated carbocycles. The van der Waals surface area contributed by atoms with Crippen molar-refractivity contribution in [3.63, 3.8) is 0 Å². The van der Waals surface area contributed by atoms with Gasteiger partial charge in [0, 0.05) is 29.9 Å². The topological polar surface area (TPSA) is 37.8 Å². The molecule has 1 aromatic rings. The second kappa shape index (κ2) is 3.42. The van der Waals surface area contributed by atoms with Crippen LogP contribution in [-0.4, -0.2) is 22.1 Å². The first kappa shape index (κ1) is 8.63. The molecular weight excluding hydrogens is 162 g/mol. The van der Waals surface area contributed by atoms with E-state index < -0.39 is 0 Å². The number of nitrogens with one attached hydrogen (secondary N) is 1. The van der Waals surface area contributed by atoms with Gasteiger partial charge < -0.3 is 5.32 Å². The minimum Gasteiger partial charge on any atom is -0.311 e. The summed E-state index contributed by atoms with van der Waals surface area (Å²) < 4.78 is 0. The highest BCUT2D eigenvalue weighted by Crippen LogP contribution is 2.28. The van der Waals surface area contributed by atoms with E-state index in [-0.39, 0.29) is 0 Å². The summed E-state index contributed by atoms with van der Waals surface area (Å²) in [6, 6.07) is 3.15. The molecule has 13 heavy (non-hydrogen) atoms. The van der Waals surface area contributed by atoms with Crippen LogP contribution in [0.5, 0.6) is 0 Å².